The molecular weight excluding hydrogens is 269 g/mol. The summed E-state index contributed by atoms with van der Waals surface area (Å²) in [7, 11) is 0. The van der Waals surface area contributed by atoms with Crippen LogP contribution in [0.1, 0.15) is 6.42 Å². The van der Waals surface area contributed by atoms with E-state index >= 15 is 0 Å². The highest BCUT2D eigenvalue weighted by atomic mass is 35.5. The van der Waals surface area contributed by atoms with Crippen molar-refractivity contribution in [2.45, 2.75) is 11.8 Å². The molecule has 1 amide bonds. The number of hydrogen-bond donors (Lipinski definition) is 0. The lowest BCUT2D eigenvalue weighted by Gasteiger charge is -2.15. The zero-order valence-corrected chi connectivity index (χ0v) is 9.98. The molecule has 2 rings (SSSR count). The first-order valence-corrected chi connectivity index (χ1v) is 5.55. The summed E-state index contributed by atoms with van der Waals surface area (Å²) in [6.45, 7) is 0.238. The third-order valence-corrected chi connectivity index (χ3v) is 2.89. The number of rotatable bonds is 2. The molecule has 0 aromatic carbocycles. The fourth-order valence-electron chi connectivity index (χ4n) is 1.67. The Morgan fingerprint density at radius 3 is 2.82 bits per heavy atom. The summed E-state index contributed by atoms with van der Waals surface area (Å²) in [6, 6.07) is 1.30. The van der Waals surface area contributed by atoms with Crippen LogP contribution in [0.25, 0.3) is 0 Å². The highest BCUT2D eigenvalue weighted by molar-refractivity contribution is 6.30. The van der Waals surface area contributed by atoms with Crippen molar-refractivity contribution in [3.63, 3.8) is 0 Å². The van der Waals surface area contributed by atoms with Gasteiger partial charge in [-0.15, -0.1) is 11.6 Å². The quantitative estimate of drug-likeness (QED) is 0.358. The molecule has 0 spiro atoms. The summed E-state index contributed by atoms with van der Waals surface area (Å²) >= 11 is 11.5. The predicted molar refractivity (Wildman–Crippen MR) is 62.5 cm³/mol. The molecule has 1 fully saturated rings. The van der Waals surface area contributed by atoms with Crippen molar-refractivity contribution in [1.29, 1.82) is 0 Å². The lowest BCUT2D eigenvalue weighted by atomic mass is 10.3. The zero-order chi connectivity index (χ0) is 12.6. The Balaban J connectivity index is 2.46. The van der Waals surface area contributed by atoms with Crippen LogP contribution in [-0.2, 0) is 4.79 Å². The molecule has 8 heteroatoms. The molecule has 1 saturated heterocycles. The Labute approximate surface area is 106 Å². The van der Waals surface area contributed by atoms with E-state index in [1.54, 1.807) is 0 Å². The van der Waals surface area contributed by atoms with Crippen molar-refractivity contribution in [1.82, 2.24) is 4.98 Å². The van der Waals surface area contributed by atoms with Crippen molar-refractivity contribution in [3.05, 3.63) is 27.5 Å². The van der Waals surface area contributed by atoms with E-state index in [0.29, 0.717) is 0 Å². The minimum atomic E-state index is -0.604. The summed E-state index contributed by atoms with van der Waals surface area (Å²) in [5.41, 5.74) is -0.114. The van der Waals surface area contributed by atoms with Gasteiger partial charge in [-0.05, 0) is 0 Å². The average molecular weight is 276 g/mol. The smallest absolute Gasteiger partial charge is 0.305 e. The topological polar surface area (TPSA) is 76.3 Å². The van der Waals surface area contributed by atoms with Crippen LogP contribution in [0.2, 0.25) is 5.15 Å². The van der Waals surface area contributed by atoms with E-state index in [9.17, 15) is 14.9 Å². The molecule has 1 unspecified atom stereocenters. The SMILES string of the molecule is O=C1CC(Cl)CN1c1cc(Cl)ncc1[N+](=O)[O-]. The molecule has 0 bridgehead atoms. The second kappa shape index (κ2) is 4.46. The second-order valence-electron chi connectivity index (χ2n) is 3.56. The van der Waals surface area contributed by atoms with Crippen molar-refractivity contribution < 1.29 is 9.72 Å². The summed E-state index contributed by atoms with van der Waals surface area (Å²) in [5.74, 6) is -0.254. The number of nitrogens with zero attached hydrogens (tertiary/aromatic N) is 3. The monoisotopic (exact) mass is 275 g/mol. The number of pyridine rings is 1. The molecule has 1 aliphatic rings. The van der Waals surface area contributed by atoms with E-state index in [1.165, 1.54) is 11.0 Å². The van der Waals surface area contributed by atoms with Crippen LogP contribution in [-0.4, -0.2) is 27.7 Å². The second-order valence-corrected chi connectivity index (χ2v) is 4.56. The van der Waals surface area contributed by atoms with E-state index in [0.717, 1.165) is 6.20 Å². The predicted octanol–water partition coefficient (Wildman–Crippen LogP) is 1.99. The Kier molecular flexibility index (Phi) is 3.17. The van der Waals surface area contributed by atoms with Crippen LogP contribution < -0.4 is 4.90 Å². The number of nitro groups is 1. The van der Waals surface area contributed by atoms with Gasteiger partial charge in [-0.1, -0.05) is 11.6 Å². The van der Waals surface area contributed by atoms with E-state index < -0.39 is 4.92 Å². The number of anilines is 1. The van der Waals surface area contributed by atoms with E-state index in [1.807, 2.05) is 0 Å². The van der Waals surface area contributed by atoms with Crippen LogP contribution in [0.15, 0.2) is 12.3 Å². The molecule has 1 aromatic heterocycles. The maximum Gasteiger partial charge on any atom is 0.311 e. The fraction of sp³-hybridized carbons (Fsp3) is 0.333. The first-order chi connectivity index (χ1) is 7.99. The third-order valence-electron chi connectivity index (χ3n) is 2.39. The number of alkyl halides is 1. The molecule has 17 heavy (non-hydrogen) atoms. The van der Waals surface area contributed by atoms with Gasteiger partial charge in [0.05, 0.1) is 10.3 Å². The number of amides is 1. The highest BCUT2D eigenvalue weighted by Crippen LogP contribution is 2.33. The van der Waals surface area contributed by atoms with Crippen LogP contribution in [0.5, 0.6) is 0 Å². The van der Waals surface area contributed by atoms with Gasteiger partial charge in [0.15, 0.2) is 0 Å². The van der Waals surface area contributed by atoms with Crippen LogP contribution in [0, 0.1) is 10.1 Å². The number of carbonyl (C=O) groups is 1. The molecule has 1 aromatic rings. The normalized spacial score (nSPS) is 19.8. The summed E-state index contributed by atoms with van der Waals surface area (Å²) < 4.78 is 0. The highest BCUT2D eigenvalue weighted by Gasteiger charge is 2.33. The molecular formula is C9H7Cl2N3O3. The molecule has 0 radical (unpaired) electrons. The fourth-order valence-corrected chi connectivity index (χ4v) is 2.09. The van der Waals surface area contributed by atoms with Crippen molar-refractivity contribution in [3.8, 4) is 0 Å². The third kappa shape index (κ3) is 2.32. The number of halogens is 2. The zero-order valence-electron chi connectivity index (χ0n) is 8.47. The minimum absolute atomic E-state index is 0.0939. The largest absolute Gasteiger partial charge is 0.311 e. The first-order valence-electron chi connectivity index (χ1n) is 4.73. The van der Waals surface area contributed by atoms with Gasteiger partial charge in [-0.2, -0.15) is 0 Å². The Hall–Kier alpha value is -1.40. The van der Waals surface area contributed by atoms with Gasteiger partial charge in [0, 0.05) is 19.0 Å². The molecule has 2 heterocycles. The van der Waals surface area contributed by atoms with Gasteiger partial charge < -0.3 is 4.90 Å². The van der Waals surface area contributed by atoms with Crippen molar-refractivity contribution in [2.24, 2.45) is 0 Å². The summed E-state index contributed by atoms with van der Waals surface area (Å²) in [6.07, 6.45) is 1.20. The first kappa shape index (κ1) is 12.1. The molecule has 6 nitrogen and oxygen atoms in total. The lowest BCUT2D eigenvalue weighted by Crippen LogP contribution is -2.25. The molecule has 0 saturated carbocycles. The van der Waals surface area contributed by atoms with E-state index in [-0.39, 0.29) is 40.8 Å². The van der Waals surface area contributed by atoms with Gasteiger partial charge in [-0.25, -0.2) is 4.98 Å². The van der Waals surface area contributed by atoms with Crippen LogP contribution in [0.3, 0.4) is 0 Å². The molecule has 1 aliphatic heterocycles. The number of aromatic nitrogens is 1. The molecule has 90 valence electrons. The van der Waals surface area contributed by atoms with Gasteiger partial charge in [0.2, 0.25) is 5.91 Å². The van der Waals surface area contributed by atoms with Crippen LogP contribution >= 0.6 is 23.2 Å². The molecule has 1 atom stereocenters. The number of carbonyl (C=O) groups excluding carboxylic acids is 1. The average Bonchev–Trinajstić information content (AvgIpc) is 2.57. The standard InChI is InChI=1S/C9H7Cl2N3O3/c10-5-1-9(15)13(4-5)6-2-8(11)12-3-7(6)14(16)17/h2-3,5H,1,4H2. The Morgan fingerprint density at radius 2 is 2.29 bits per heavy atom. The summed E-state index contributed by atoms with van der Waals surface area (Å²) in [5, 5.41) is 10.6. The van der Waals surface area contributed by atoms with E-state index in [4.69, 9.17) is 23.2 Å². The van der Waals surface area contributed by atoms with Gasteiger partial charge in [-0.3, -0.25) is 14.9 Å². The minimum Gasteiger partial charge on any atom is -0.305 e. The van der Waals surface area contributed by atoms with Crippen LogP contribution in [0.4, 0.5) is 11.4 Å². The van der Waals surface area contributed by atoms with Gasteiger partial charge in [0.25, 0.3) is 0 Å². The van der Waals surface area contributed by atoms with Gasteiger partial charge >= 0.3 is 5.69 Å². The number of hydrogen-bond acceptors (Lipinski definition) is 4. The summed E-state index contributed by atoms with van der Waals surface area (Å²) in [4.78, 5) is 26.7. The molecule has 0 aliphatic carbocycles. The molecule has 0 N–H and O–H groups in total. The Bertz CT molecular complexity index is 494. The Morgan fingerprint density at radius 1 is 1.59 bits per heavy atom. The van der Waals surface area contributed by atoms with Gasteiger partial charge in [0.1, 0.15) is 17.0 Å². The maximum absolute atomic E-state index is 11.6. The van der Waals surface area contributed by atoms with Crippen molar-refractivity contribution >= 4 is 40.5 Å². The van der Waals surface area contributed by atoms with E-state index in [2.05, 4.69) is 4.98 Å². The maximum atomic E-state index is 11.6. The lowest BCUT2D eigenvalue weighted by molar-refractivity contribution is -0.384. The van der Waals surface area contributed by atoms with Crippen molar-refractivity contribution in [2.75, 3.05) is 11.4 Å².